The van der Waals surface area contributed by atoms with E-state index in [1.807, 2.05) is 44.2 Å². The van der Waals surface area contributed by atoms with Gasteiger partial charge in [-0.05, 0) is 45.0 Å². The molecule has 0 saturated carbocycles. The van der Waals surface area contributed by atoms with E-state index in [0.717, 1.165) is 5.56 Å². The van der Waals surface area contributed by atoms with Crippen molar-refractivity contribution in [1.29, 1.82) is 0 Å². The third-order valence-corrected chi connectivity index (χ3v) is 4.07. The monoisotopic (exact) mass is 393 g/mol. The molecular weight excluding hydrogens is 370 g/mol. The van der Waals surface area contributed by atoms with Crippen molar-refractivity contribution in [3.8, 4) is 11.5 Å². The lowest BCUT2D eigenvalue weighted by Gasteiger charge is -2.13. The van der Waals surface area contributed by atoms with E-state index in [2.05, 4.69) is 15.6 Å². The number of rotatable bonds is 6. The average Bonchev–Trinajstić information content (AvgIpc) is 3.07. The molecule has 3 aromatic rings. The molecule has 2 amide bonds. The fourth-order valence-corrected chi connectivity index (χ4v) is 2.67. The van der Waals surface area contributed by atoms with Crippen LogP contribution in [0.1, 0.15) is 35.7 Å². The predicted octanol–water partition coefficient (Wildman–Crippen LogP) is 4.54. The van der Waals surface area contributed by atoms with Crippen molar-refractivity contribution in [1.82, 2.24) is 10.3 Å². The van der Waals surface area contributed by atoms with Gasteiger partial charge in [-0.2, -0.15) is 0 Å². The molecule has 0 aliphatic rings. The minimum atomic E-state index is -0.561. The summed E-state index contributed by atoms with van der Waals surface area (Å²) in [6, 6.07) is 15.8. The lowest BCUT2D eigenvalue weighted by atomic mass is 10.2. The number of aromatic nitrogens is 1. The van der Waals surface area contributed by atoms with Gasteiger partial charge in [0.1, 0.15) is 18.1 Å². The highest BCUT2D eigenvalue weighted by Crippen LogP contribution is 2.23. The minimum Gasteiger partial charge on any atom is -0.455 e. The number of oxazole rings is 1. The van der Waals surface area contributed by atoms with Crippen molar-refractivity contribution in [2.24, 2.45) is 0 Å². The van der Waals surface area contributed by atoms with E-state index in [-0.39, 0.29) is 24.2 Å². The van der Waals surface area contributed by atoms with Gasteiger partial charge in [-0.3, -0.25) is 0 Å². The summed E-state index contributed by atoms with van der Waals surface area (Å²) in [5.74, 6) is 0.495. The third-order valence-electron chi connectivity index (χ3n) is 4.07. The van der Waals surface area contributed by atoms with Crippen LogP contribution in [0.2, 0.25) is 0 Å². The van der Waals surface area contributed by atoms with E-state index in [4.69, 9.17) is 9.15 Å². The number of ether oxygens (including phenoxy) is 1. The lowest BCUT2D eigenvalue weighted by Crippen LogP contribution is -2.34. The summed E-state index contributed by atoms with van der Waals surface area (Å²) >= 11 is 0. The zero-order valence-corrected chi connectivity index (χ0v) is 16.6. The van der Waals surface area contributed by atoms with Crippen molar-refractivity contribution in [2.45, 2.75) is 33.4 Å². The maximum Gasteiger partial charge on any atom is 0.340 e. The predicted molar refractivity (Wildman–Crippen MR) is 110 cm³/mol. The summed E-state index contributed by atoms with van der Waals surface area (Å²) in [5, 5.41) is 5.39. The Kier molecular flexibility index (Phi) is 6.29. The fourth-order valence-electron chi connectivity index (χ4n) is 2.67. The van der Waals surface area contributed by atoms with Gasteiger partial charge in [-0.25, -0.2) is 14.6 Å². The van der Waals surface area contributed by atoms with Crippen molar-refractivity contribution < 1.29 is 18.7 Å². The number of nitrogens with one attached hydrogen (secondary N) is 2. The van der Waals surface area contributed by atoms with Crippen LogP contribution in [0.4, 0.5) is 10.5 Å². The van der Waals surface area contributed by atoms with E-state index in [0.29, 0.717) is 23.0 Å². The van der Waals surface area contributed by atoms with Gasteiger partial charge in [0.15, 0.2) is 0 Å². The molecule has 0 aliphatic heterocycles. The summed E-state index contributed by atoms with van der Waals surface area (Å²) in [4.78, 5) is 29.0. The number of esters is 1. The number of para-hydroxylation sites is 1. The number of nitrogens with zero attached hydrogens (tertiary/aromatic N) is 1. The first-order valence-electron chi connectivity index (χ1n) is 9.29. The van der Waals surface area contributed by atoms with Crippen molar-refractivity contribution in [3.05, 3.63) is 71.6 Å². The smallest absolute Gasteiger partial charge is 0.340 e. The molecule has 0 unspecified atom stereocenters. The van der Waals surface area contributed by atoms with Gasteiger partial charge < -0.3 is 19.8 Å². The first-order valence-corrected chi connectivity index (χ1v) is 9.29. The molecule has 2 N–H and O–H groups in total. The fraction of sp³-hybridized carbons (Fsp3) is 0.227. The number of aryl methyl sites for hydroxylation is 1. The molecule has 0 saturated heterocycles. The molecule has 0 bridgehead atoms. The molecule has 0 spiro atoms. The molecule has 0 radical (unpaired) electrons. The molecule has 0 aliphatic carbocycles. The van der Waals surface area contributed by atoms with Crippen LogP contribution in [0, 0.1) is 6.92 Å². The van der Waals surface area contributed by atoms with Crippen molar-refractivity contribution in [3.63, 3.8) is 0 Å². The quantitative estimate of drug-likeness (QED) is 0.600. The molecule has 2 aromatic carbocycles. The number of benzene rings is 2. The molecule has 150 valence electrons. The largest absolute Gasteiger partial charge is 0.455 e. The van der Waals surface area contributed by atoms with E-state index >= 15 is 0 Å². The van der Waals surface area contributed by atoms with E-state index < -0.39 is 5.97 Å². The second-order valence-corrected chi connectivity index (χ2v) is 6.76. The maximum atomic E-state index is 12.6. The van der Waals surface area contributed by atoms with Crippen LogP contribution in [-0.4, -0.2) is 23.0 Å². The van der Waals surface area contributed by atoms with Crippen LogP contribution in [0.25, 0.3) is 11.5 Å². The molecule has 7 heteroatoms. The maximum absolute atomic E-state index is 12.6. The number of hydrogen-bond acceptors (Lipinski definition) is 5. The Labute approximate surface area is 169 Å². The highest BCUT2D eigenvalue weighted by molar-refractivity contribution is 6.00. The summed E-state index contributed by atoms with van der Waals surface area (Å²) in [6.07, 6.45) is 0. The Morgan fingerprint density at radius 1 is 1.07 bits per heavy atom. The van der Waals surface area contributed by atoms with Gasteiger partial charge in [0, 0.05) is 11.6 Å². The highest BCUT2D eigenvalue weighted by atomic mass is 16.5. The summed E-state index contributed by atoms with van der Waals surface area (Å²) in [7, 11) is 0. The first kappa shape index (κ1) is 20.1. The number of urea groups is 1. The van der Waals surface area contributed by atoms with Crippen LogP contribution in [0.3, 0.4) is 0 Å². The summed E-state index contributed by atoms with van der Waals surface area (Å²) < 4.78 is 11.1. The van der Waals surface area contributed by atoms with Gasteiger partial charge >= 0.3 is 12.0 Å². The normalized spacial score (nSPS) is 10.6. The topological polar surface area (TPSA) is 93.5 Å². The van der Waals surface area contributed by atoms with Crippen LogP contribution >= 0.6 is 0 Å². The minimum absolute atomic E-state index is 0.0249. The SMILES string of the molecule is Cc1oc(-c2ccccc2)nc1COC(=O)c1ccccc1NC(=O)NC(C)C. The Hall–Kier alpha value is -3.61. The van der Waals surface area contributed by atoms with Crippen LogP contribution in [0.5, 0.6) is 0 Å². The van der Waals surface area contributed by atoms with Crippen molar-refractivity contribution >= 4 is 17.7 Å². The Morgan fingerprint density at radius 3 is 2.48 bits per heavy atom. The van der Waals surface area contributed by atoms with E-state index in [9.17, 15) is 9.59 Å². The van der Waals surface area contributed by atoms with E-state index in [1.165, 1.54) is 0 Å². The van der Waals surface area contributed by atoms with Gasteiger partial charge in [-0.15, -0.1) is 0 Å². The number of hydrogen-bond donors (Lipinski definition) is 2. The van der Waals surface area contributed by atoms with Crippen molar-refractivity contribution in [2.75, 3.05) is 5.32 Å². The second kappa shape index (κ2) is 9.05. The second-order valence-electron chi connectivity index (χ2n) is 6.76. The summed E-state index contributed by atoms with van der Waals surface area (Å²) in [5.41, 5.74) is 2.02. The van der Waals surface area contributed by atoms with Gasteiger partial charge in [-0.1, -0.05) is 30.3 Å². The zero-order chi connectivity index (χ0) is 20.8. The Bertz CT molecular complexity index is 996. The molecule has 1 heterocycles. The van der Waals surface area contributed by atoms with E-state index in [1.54, 1.807) is 31.2 Å². The number of carbonyl (C=O) groups is 2. The Balaban J connectivity index is 1.69. The van der Waals surface area contributed by atoms with Gasteiger partial charge in [0.05, 0.1) is 11.3 Å². The zero-order valence-electron chi connectivity index (χ0n) is 16.6. The first-order chi connectivity index (χ1) is 13.9. The molecule has 7 nitrogen and oxygen atoms in total. The van der Waals surface area contributed by atoms with Crippen LogP contribution in [0.15, 0.2) is 59.0 Å². The lowest BCUT2D eigenvalue weighted by molar-refractivity contribution is 0.0468. The highest BCUT2D eigenvalue weighted by Gasteiger charge is 2.17. The standard InChI is InChI=1S/C22H23N3O4/c1-14(2)23-22(27)25-18-12-8-7-11-17(18)21(26)28-13-19-15(3)29-20(24-19)16-9-5-4-6-10-16/h4-12,14H,13H2,1-3H3,(H2,23,25,27). The number of anilines is 1. The molecular formula is C22H23N3O4. The van der Waals surface area contributed by atoms with Gasteiger partial charge in [0.25, 0.3) is 0 Å². The number of amides is 2. The average molecular weight is 393 g/mol. The molecule has 3 rings (SSSR count). The number of carbonyl (C=O) groups excluding carboxylic acids is 2. The van der Waals surface area contributed by atoms with Crippen LogP contribution < -0.4 is 10.6 Å². The molecule has 1 aromatic heterocycles. The van der Waals surface area contributed by atoms with Crippen LogP contribution in [-0.2, 0) is 11.3 Å². The molecule has 29 heavy (non-hydrogen) atoms. The molecule has 0 fully saturated rings. The third kappa shape index (κ3) is 5.22. The molecule has 0 atom stereocenters. The Morgan fingerprint density at radius 2 is 1.76 bits per heavy atom. The van der Waals surface area contributed by atoms with Gasteiger partial charge in [0.2, 0.25) is 5.89 Å². The summed E-state index contributed by atoms with van der Waals surface area (Å²) in [6.45, 7) is 5.44.